The third-order valence-electron chi connectivity index (χ3n) is 5.78. The summed E-state index contributed by atoms with van der Waals surface area (Å²) in [6.07, 6.45) is 3.35. The summed E-state index contributed by atoms with van der Waals surface area (Å²) in [4.78, 5) is 29.0. The Kier molecular flexibility index (Phi) is 8.11. The number of piperazine rings is 1. The van der Waals surface area contributed by atoms with Gasteiger partial charge in [0.05, 0.1) is 24.2 Å². The van der Waals surface area contributed by atoms with Crippen LogP contribution in [-0.4, -0.2) is 77.0 Å². The Hall–Kier alpha value is -3.43. The molecular formula is C25H29FN6O2. The molecule has 0 aliphatic carbocycles. The van der Waals surface area contributed by atoms with Crippen molar-refractivity contribution in [2.45, 2.75) is 13.0 Å². The normalized spacial score (nSPS) is 14.6. The number of likely N-dealkylation sites (N-methyl/N-ethyl adjacent to an activating group) is 1. The van der Waals surface area contributed by atoms with Gasteiger partial charge in [-0.25, -0.2) is 4.98 Å². The van der Waals surface area contributed by atoms with Crippen LogP contribution in [0.15, 0.2) is 54.9 Å². The van der Waals surface area contributed by atoms with Gasteiger partial charge in [-0.05, 0) is 30.3 Å². The molecule has 0 radical (unpaired) electrons. The van der Waals surface area contributed by atoms with Crippen LogP contribution >= 0.6 is 0 Å². The van der Waals surface area contributed by atoms with Gasteiger partial charge in [0.25, 0.3) is 0 Å². The average Bonchev–Trinajstić information content (AvgIpc) is 2.85. The van der Waals surface area contributed by atoms with Crippen LogP contribution < -0.4 is 10.1 Å². The van der Waals surface area contributed by atoms with Crippen molar-refractivity contribution in [1.29, 1.82) is 0 Å². The number of aromatic nitrogens is 3. The van der Waals surface area contributed by atoms with E-state index in [9.17, 15) is 9.18 Å². The number of carbonyl (C=O) groups is 1. The van der Waals surface area contributed by atoms with Gasteiger partial charge in [-0.3, -0.25) is 14.7 Å². The van der Waals surface area contributed by atoms with Gasteiger partial charge in [0.15, 0.2) is 0 Å². The summed E-state index contributed by atoms with van der Waals surface area (Å²) in [5.74, 6) is -0.739. The summed E-state index contributed by atoms with van der Waals surface area (Å²) in [6, 6.07) is 12.7. The molecule has 3 heterocycles. The van der Waals surface area contributed by atoms with E-state index in [0.29, 0.717) is 18.7 Å². The Bertz CT molecular complexity index is 1070. The first-order valence-corrected chi connectivity index (χ1v) is 11.4. The molecule has 9 heteroatoms. The minimum Gasteiger partial charge on any atom is -0.462 e. The first-order chi connectivity index (χ1) is 16.6. The highest BCUT2D eigenvalue weighted by molar-refractivity contribution is 5.78. The zero-order valence-corrected chi connectivity index (χ0v) is 19.3. The van der Waals surface area contributed by atoms with Gasteiger partial charge in [0.1, 0.15) is 6.61 Å². The fourth-order valence-corrected chi connectivity index (χ4v) is 3.69. The first kappa shape index (κ1) is 23.7. The van der Waals surface area contributed by atoms with Gasteiger partial charge in [0.2, 0.25) is 11.9 Å². The van der Waals surface area contributed by atoms with Crippen LogP contribution in [0.4, 0.5) is 4.39 Å². The molecule has 8 nitrogen and oxygen atoms in total. The van der Waals surface area contributed by atoms with E-state index < -0.39 is 5.95 Å². The maximum absolute atomic E-state index is 14.6. The lowest BCUT2D eigenvalue weighted by Gasteiger charge is -2.31. The fraction of sp³-hybridized carbons (Fsp3) is 0.360. The Morgan fingerprint density at radius 3 is 2.59 bits per heavy atom. The van der Waals surface area contributed by atoms with E-state index >= 15 is 0 Å². The number of nitrogens with one attached hydrogen (secondary N) is 1. The van der Waals surface area contributed by atoms with E-state index in [0.717, 1.165) is 44.0 Å². The van der Waals surface area contributed by atoms with Gasteiger partial charge < -0.3 is 15.0 Å². The molecule has 0 bridgehead atoms. The van der Waals surface area contributed by atoms with E-state index in [1.807, 2.05) is 18.2 Å². The van der Waals surface area contributed by atoms with Crippen molar-refractivity contribution in [3.8, 4) is 17.1 Å². The van der Waals surface area contributed by atoms with Gasteiger partial charge in [-0.15, -0.1) is 0 Å². The lowest BCUT2D eigenvalue weighted by Crippen LogP contribution is -2.45. The van der Waals surface area contributed by atoms with Crippen LogP contribution in [0, 0.1) is 5.95 Å². The fourth-order valence-electron chi connectivity index (χ4n) is 3.69. The van der Waals surface area contributed by atoms with Crippen LogP contribution in [0.2, 0.25) is 0 Å². The van der Waals surface area contributed by atoms with E-state index in [1.54, 1.807) is 30.5 Å². The van der Waals surface area contributed by atoms with E-state index in [-0.39, 0.29) is 23.9 Å². The summed E-state index contributed by atoms with van der Waals surface area (Å²) in [5.41, 5.74) is 2.55. The number of pyridine rings is 1. The van der Waals surface area contributed by atoms with Crippen LogP contribution in [0.3, 0.4) is 0 Å². The molecule has 1 aliphatic heterocycles. The SMILES string of the molecule is CN1CCN(CCOc2ncc(-c3ccc(CC(=O)NCc4ccccn4)cc3)c(F)n2)CC1. The van der Waals surface area contributed by atoms with Crippen molar-refractivity contribution in [1.82, 2.24) is 30.1 Å². The second kappa shape index (κ2) is 11.6. The van der Waals surface area contributed by atoms with E-state index in [2.05, 4.69) is 37.1 Å². The van der Waals surface area contributed by atoms with Crippen molar-refractivity contribution < 1.29 is 13.9 Å². The minimum atomic E-state index is -0.634. The molecule has 3 aromatic rings. The standard InChI is InChI=1S/C25H29FN6O2/c1-31-10-12-32(13-11-31)14-15-34-25-29-18-22(24(26)30-25)20-7-5-19(6-8-20)16-23(33)28-17-21-4-2-3-9-27-21/h2-9,18H,10-17H2,1H3,(H,28,33). The lowest BCUT2D eigenvalue weighted by molar-refractivity contribution is -0.120. The van der Waals surface area contributed by atoms with Crippen LogP contribution in [0.25, 0.3) is 11.1 Å². The summed E-state index contributed by atoms with van der Waals surface area (Å²) in [5, 5.41) is 2.85. The number of carbonyl (C=O) groups excluding carboxylic acids is 1. The molecule has 1 fully saturated rings. The predicted octanol–water partition coefficient (Wildman–Crippen LogP) is 2.16. The molecule has 0 saturated carbocycles. The zero-order chi connectivity index (χ0) is 23.8. The number of rotatable bonds is 9. The molecule has 0 atom stereocenters. The number of benzene rings is 1. The number of amides is 1. The Morgan fingerprint density at radius 2 is 1.88 bits per heavy atom. The molecule has 1 aliphatic rings. The predicted molar refractivity (Wildman–Crippen MR) is 127 cm³/mol. The first-order valence-electron chi connectivity index (χ1n) is 11.4. The monoisotopic (exact) mass is 464 g/mol. The van der Waals surface area contributed by atoms with Crippen molar-refractivity contribution in [2.24, 2.45) is 0 Å². The molecule has 1 N–H and O–H groups in total. The maximum atomic E-state index is 14.6. The third-order valence-corrected chi connectivity index (χ3v) is 5.78. The van der Waals surface area contributed by atoms with Gasteiger partial charge in [-0.2, -0.15) is 9.37 Å². The summed E-state index contributed by atoms with van der Waals surface area (Å²) < 4.78 is 20.2. The van der Waals surface area contributed by atoms with Crippen molar-refractivity contribution in [2.75, 3.05) is 46.4 Å². The van der Waals surface area contributed by atoms with Crippen molar-refractivity contribution >= 4 is 5.91 Å². The number of hydrogen-bond donors (Lipinski definition) is 1. The molecule has 1 amide bonds. The van der Waals surface area contributed by atoms with Gasteiger partial charge in [-0.1, -0.05) is 30.3 Å². The van der Waals surface area contributed by atoms with Crippen molar-refractivity contribution in [3.05, 3.63) is 72.1 Å². The smallest absolute Gasteiger partial charge is 0.319 e. The second-order valence-electron chi connectivity index (χ2n) is 8.32. The molecule has 178 valence electrons. The molecule has 0 spiro atoms. The maximum Gasteiger partial charge on any atom is 0.319 e. The summed E-state index contributed by atoms with van der Waals surface area (Å²) >= 11 is 0. The van der Waals surface area contributed by atoms with Crippen LogP contribution in [0.1, 0.15) is 11.3 Å². The highest BCUT2D eigenvalue weighted by Gasteiger charge is 2.14. The zero-order valence-electron chi connectivity index (χ0n) is 19.3. The summed E-state index contributed by atoms with van der Waals surface area (Å²) in [6.45, 7) is 5.62. The minimum absolute atomic E-state index is 0.0385. The molecule has 1 aromatic carbocycles. The van der Waals surface area contributed by atoms with Crippen LogP contribution in [0.5, 0.6) is 6.01 Å². The van der Waals surface area contributed by atoms with E-state index in [1.165, 1.54) is 6.20 Å². The number of nitrogens with zero attached hydrogens (tertiary/aromatic N) is 5. The molecule has 4 rings (SSSR count). The highest BCUT2D eigenvalue weighted by Crippen LogP contribution is 2.23. The second-order valence-corrected chi connectivity index (χ2v) is 8.32. The molecule has 0 unspecified atom stereocenters. The average molecular weight is 465 g/mol. The summed E-state index contributed by atoms with van der Waals surface area (Å²) in [7, 11) is 2.11. The molecule has 1 saturated heterocycles. The number of hydrogen-bond acceptors (Lipinski definition) is 7. The van der Waals surface area contributed by atoms with Crippen LogP contribution in [-0.2, 0) is 17.8 Å². The number of halogens is 1. The quantitative estimate of drug-likeness (QED) is 0.486. The molecule has 34 heavy (non-hydrogen) atoms. The lowest BCUT2D eigenvalue weighted by atomic mass is 10.0. The Labute approximate surface area is 198 Å². The van der Waals surface area contributed by atoms with Gasteiger partial charge in [0, 0.05) is 45.1 Å². The third kappa shape index (κ3) is 6.79. The van der Waals surface area contributed by atoms with E-state index in [4.69, 9.17) is 4.74 Å². The molecular weight excluding hydrogens is 435 g/mol. The van der Waals surface area contributed by atoms with Crippen molar-refractivity contribution in [3.63, 3.8) is 0 Å². The highest BCUT2D eigenvalue weighted by atomic mass is 19.1. The largest absolute Gasteiger partial charge is 0.462 e. The Morgan fingerprint density at radius 1 is 1.09 bits per heavy atom. The topological polar surface area (TPSA) is 83.5 Å². The van der Waals surface area contributed by atoms with Gasteiger partial charge >= 0.3 is 6.01 Å². The number of ether oxygens (including phenoxy) is 1. The Balaban J connectivity index is 1.26. The molecule has 2 aromatic heterocycles.